The van der Waals surface area contributed by atoms with Crippen LogP contribution in [-0.4, -0.2) is 25.7 Å². The van der Waals surface area contributed by atoms with Gasteiger partial charge in [0, 0.05) is 18.3 Å². The summed E-state index contributed by atoms with van der Waals surface area (Å²) in [7, 11) is 0. The number of hydrogen-bond acceptors (Lipinski definition) is 2. The fourth-order valence-electron chi connectivity index (χ4n) is 2.69. The molecule has 0 aliphatic carbocycles. The van der Waals surface area contributed by atoms with Crippen LogP contribution < -0.4 is 10.2 Å². The third-order valence-electron chi connectivity index (χ3n) is 3.57. The first-order valence-corrected chi connectivity index (χ1v) is 6.35. The van der Waals surface area contributed by atoms with Gasteiger partial charge in [-0.05, 0) is 44.5 Å². The lowest BCUT2D eigenvalue weighted by atomic mass is 9.93. The summed E-state index contributed by atoms with van der Waals surface area (Å²) in [6, 6.07) is 11.5. The van der Waals surface area contributed by atoms with E-state index in [2.05, 4.69) is 54.4 Å². The van der Waals surface area contributed by atoms with Gasteiger partial charge < -0.3 is 10.2 Å². The lowest BCUT2D eigenvalue weighted by Crippen LogP contribution is -2.48. The van der Waals surface area contributed by atoms with E-state index in [1.165, 1.54) is 12.1 Å². The summed E-state index contributed by atoms with van der Waals surface area (Å²) < 4.78 is 0. The average Bonchev–Trinajstić information content (AvgIpc) is 2.34. The molecule has 0 amide bonds. The Morgan fingerprint density at radius 2 is 2.06 bits per heavy atom. The fourth-order valence-corrected chi connectivity index (χ4v) is 2.69. The van der Waals surface area contributed by atoms with Crippen molar-refractivity contribution in [2.24, 2.45) is 5.92 Å². The van der Waals surface area contributed by atoms with E-state index in [1.807, 2.05) is 0 Å². The Morgan fingerprint density at radius 3 is 2.69 bits per heavy atom. The molecule has 2 unspecified atom stereocenters. The third kappa shape index (κ3) is 2.38. The molecule has 1 saturated heterocycles. The highest BCUT2D eigenvalue weighted by molar-refractivity contribution is 5.47. The molecule has 2 nitrogen and oxygen atoms in total. The zero-order valence-electron chi connectivity index (χ0n) is 10.3. The Balaban J connectivity index is 2.15. The van der Waals surface area contributed by atoms with E-state index in [9.17, 15) is 0 Å². The Morgan fingerprint density at radius 1 is 1.31 bits per heavy atom. The second-order valence-electron chi connectivity index (χ2n) is 4.66. The zero-order chi connectivity index (χ0) is 11.4. The molecule has 0 spiro atoms. The number of para-hydroxylation sites is 1. The Hall–Kier alpha value is -1.02. The number of hydrogen-bond donors (Lipinski definition) is 1. The monoisotopic (exact) mass is 218 g/mol. The van der Waals surface area contributed by atoms with E-state index < -0.39 is 0 Å². The van der Waals surface area contributed by atoms with Crippen molar-refractivity contribution in [3.63, 3.8) is 0 Å². The summed E-state index contributed by atoms with van der Waals surface area (Å²) in [6.45, 7) is 8.00. The largest absolute Gasteiger partial charge is 0.368 e. The number of rotatable bonds is 3. The highest BCUT2D eigenvalue weighted by atomic mass is 15.2. The SMILES string of the molecule is CCN(c1ccccc1)C1CCNCC1C. The summed E-state index contributed by atoms with van der Waals surface area (Å²) in [6.07, 6.45) is 1.25. The van der Waals surface area contributed by atoms with Gasteiger partial charge in [0.05, 0.1) is 0 Å². The molecule has 0 saturated carbocycles. The molecule has 2 heteroatoms. The Bertz CT molecular complexity index is 310. The number of nitrogens with zero attached hydrogens (tertiary/aromatic N) is 1. The normalized spacial score (nSPS) is 25.4. The number of anilines is 1. The maximum Gasteiger partial charge on any atom is 0.0368 e. The molecule has 2 atom stereocenters. The summed E-state index contributed by atoms with van der Waals surface area (Å²) in [5.41, 5.74) is 1.36. The number of piperidine rings is 1. The van der Waals surface area contributed by atoms with Crippen molar-refractivity contribution in [1.29, 1.82) is 0 Å². The van der Waals surface area contributed by atoms with Gasteiger partial charge in [-0.3, -0.25) is 0 Å². The van der Waals surface area contributed by atoms with Crippen molar-refractivity contribution < 1.29 is 0 Å². The maximum absolute atomic E-state index is 3.47. The standard InChI is InChI=1S/C14H22N2/c1-3-16(13-7-5-4-6-8-13)14-9-10-15-11-12(14)2/h4-8,12,14-15H,3,9-11H2,1-2H3. The molecular weight excluding hydrogens is 196 g/mol. The van der Waals surface area contributed by atoms with Gasteiger partial charge in [-0.25, -0.2) is 0 Å². The lowest BCUT2D eigenvalue weighted by Gasteiger charge is -2.40. The molecule has 1 aliphatic heterocycles. The molecule has 1 aromatic carbocycles. The molecule has 0 aromatic heterocycles. The van der Waals surface area contributed by atoms with Gasteiger partial charge >= 0.3 is 0 Å². The van der Waals surface area contributed by atoms with Crippen molar-refractivity contribution in [1.82, 2.24) is 5.32 Å². The van der Waals surface area contributed by atoms with Crippen LogP contribution in [0.2, 0.25) is 0 Å². The van der Waals surface area contributed by atoms with Crippen LogP contribution in [-0.2, 0) is 0 Å². The minimum Gasteiger partial charge on any atom is -0.368 e. The molecule has 1 heterocycles. The van der Waals surface area contributed by atoms with Crippen molar-refractivity contribution in [2.75, 3.05) is 24.5 Å². The van der Waals surface area contributed by atoms with Crippen LogP contribution in [0.1, 0.15) is 20.3 Å². The lowest BCUT2D eigenvalue weighted by molar-refractivity contribution is 0.333. The van der Waals surface area contributed by atoms with Gasteiger partial charge in [0.2, 0.25) is 0 Å². The predicted molar refractivity (Wildman–Crippen MR) is 69.9 cm³/mol. The van der Waals surface area contributed by atoms with Gasteiger partial charge in [0.25, 0.3) is 0 Å². The van der Waals surface area contributed by atoms with Crippen LogP contribution >= 0.6 is 0 Å². The van der Waals surface area contributed by atoms with Gasteiger partial charge in [-0.1, -0.05) is 25.1 Å². The minimum atomic E-state index is 0.689. The molecule has 88 valence electrons. The van der Waals surface area contributed by atoms with Crippen LogP contribution in [0.4, 0.5) is 5.69 Å². The second-order valence-corrected chi connectivity index (χ2v) is 4.66. The van der Waals surface area contributed by atoms with Crippen molar-refractivity contribution in [3.8, 4) is 0 Å². The molecular formula is C14H22N2. The first kappa shape index (κ1) is 11.5. The second kappa shape index (κ2) is 5.35. The third-order valence-corrected chi connectivity index (χ3v) is 3.57. The molecule has 0 bridgehead atoms. The molecule has 2 rings (SSSR count). The number of nitrogens with one attached hydrogen (secondary N) is 1. The fraction of sp³-hybridized carbons (Fsp3) is 0.571. The van der Waals surface area contributed by atoms with Crippen molar-refractivity contribution in [3.05, 3.63) is 30.3 Å². The predicted octanol–water partition coefficient (Wildman–Crippen LogP) is 2.51. The molecule has 0 radical (unpaired) electrons. The van der Waals surface area contributed by atoms with Gasteiger partial charge in [-0.2, -0.15) is 0 Å². The summed E-state index contributed by atoms with van der Waals surface area (Å²) >= 11 is 0. The van der Waals surface area contributed by atoms with E-state index in [4.69, 9.17) is 0 Å². The summed E-state index contributed by atoms with van der Waals surface area (Å²) in [5.74, 6) is 0.730. The average molecular weight is 218 g/mol. The first-order valence-electron chi connectivity index (χ1n) is 6.35. The molecule has 16 heavy (non-hydrogen) atoms. The highest BCUT2D eigenvalue weighted by Gasteiger charge is 2.26. The van der Waals surface area contributed by atoms with Gasteiger partial charge in [-0.15, -0.1) is 0 Å². The topological polar surface area (TPSA) is 15.3 Å². The molecule has 1 N–H and O–H groups in total. The molecule has 1 aliphatic rings. The zero-order valence-corrected chi connectivity index (χ0v) is 10.3. The minimum absolute atomic E-state index is 0.689. The van der Waals surface area contributed by atoms with E-state index in [0.29, 0.717) is 6.04 Å². The number of benzene rings is 1. The van der Waals surface area contributed by atoms with Crippen LogP contribution in [0.5, 0.6) is 0 Å². The van der Waals surface area contributed by atoms with Crippen LogP contribution in [0.3, 0.4) is 0 Å². The maximum atomic E-state index is 3.47. The smallest absolute Gasteiger partial charge is 0.0368 e. The summed E-state index contributed by atoms with van der Waals surface area (Å²) in [4.78, 5) is 2.55. The van der Waals surface area contributed by atoms with Gasteiger partial charge in [0.1, 0.15) is 0 Å². The highest BCUT2D eigenvalue weighted by Crippen LogP contribution is 2.24. The Labute approximate surface area is 98.7 Å². The quantitative estimate of drug-likeness (QED) is 0.838. The van der Waals surface area contributed by atoms with Crippen LogP contribution in [0.15, 0.2) is 30.3 Å². The van der Waals surface area contributed by atoms with E-state index in [0.717, 1.165) is 25.6 Å². The molecule has 1 fully saturated rings. The summed E-state index contributed by atoms with van der Waals surface area (Å²) in [5, 5.41) is 3.47. The van der Waals surface area contributed by atoms with Gasteiger partial charge in [0.15, 0.2) is 0 Å². The van der Waals surface area contributed by atoms with Crippen molar-refractivity contribution in [2.45, 2.75) is 26.3 Å². The first-order chi connectivity index (χ1) is 7.83. The van der Waals surface area contributed by atoms with Crippen molar-refractivity contribution >= 4 is 5.69 Å². The van der Waals surface area contributed by atoms with Crippen LogP contribution in [0, 0.1) is 5.92 Å². The van der Waals surface area contributed by atoms with E-state index >= 15 is 0 Å². The van der Waals surface area contributed by atoms with Crippen LogP contribution in [0.25, 0.3) is 0 Å². The van der Waals surface area contributed by atoms with E-state index in [1.54, 1.807) is 0 Å². The molecule has 1 aromatic rings. The Kier molecular flexibility index (Phi) is 3.83. The van der Waals surface area contributed by atoms with E-state index in [-0.39, 0.29) is 0 Å².